The maximum absolute atomic E-state index is 11.8. The van der Waals surface area contributed by atoms with E-state index in [1.54, 1.807) is 23.1 Å². The highest BCUT2D eigenvalue weighted by atomic mass is 32.1. The minimum atomic E-state index is -0.223. The molecule has 2 amide bonds. The molecule has 1 heterocycles. The summed E-state index contributed by atoms with van der Waals surface area (Å²) in [6.45, 7) is 0.600. The number of carbonyl (C=O) groups is 2. The minimum absolute atomic E-state index is 0.00554. The van der Waals surface area contributed by atoms with E-state index in [0.29, 0.717) is 18.7 Å². The zero-order valence-electron chi connectivity index (χ0n) is 10.6. The number of rotatable bonds is 4. The van der Waals surface area contributed by atoms with E-state index >= 15 is 0 Å². The van der Waals surface area contributed by atoms with Gasteiger partial charge in [0.25, 0.3) is 0 Å². The average molecular weight is 280 g/mol. The number of ether oxygens (including phenoxy) is 1. The monoisotopic (exact) mass is 280 g/mol. The molecular weight excluding hydrogens is 264 g/mol. The first kappa shape index (κ1) is 13.9. The van der Waals surface area contributed by atoms with Gasteiger partial charge in [0.05, 0.1) is 0 Å². The van der Waals surface area contributed by atoms with Crippen LogP contribution in [0.3, 0.4) is 0 Å². The molecule has 0 spiro atoms. The Balaban J connectivity index is 2.11. The highest BCUT2D eigenvalue weighted by Crippen LogP contribution is 2.26. The van der Waals surface area contributed by atoms with E-state index in [4.69, 9.17) is 4.74 Å². The zero-order chi connectivity index (χ0) is 13.8. The zero-order valence-corrected chi connectivity index (χ0v) is 11.5. The molecule has 5 nitrogen and oxygen atoms in total. The smallest absolute Gasteiger partial charge is 0.250 e. The molecule has 1 N–H and O–H groups in total. The number of methoxy groups -OCH3 is 1. The van der Waals surface area contributed by atoms with Gasteiger partial charge in [-0.2, -0.15) is 12.6 Å². The first-order valence-corrected chi connectivity index (χ1v) is 6.49. The number of thiol groups is 1. The molecule has 19 heavy (non-hydrogen) atoms. The second-order valence-corrected chi connectivity index (χ2v) is 5.12. The lowest BCUT2D eigenvalue weighted by molar-refractivity contribution is -0.119. The van der Waals surface area contributed by atoms with Crippen molar-refractivity contribution in [2.24, 2.45) is 0 Å². The Morgan fingerprint density at radius 3 is 3.00 bits per heavy atom. The summed E-state index contributed by atoms with van der Waals surface area (Å²) in [5.74, 6) is -0.167. The van der Waals surface area contributed by atoms with Gasteiger partial charge in [0.1, 0.15) is 6.61 Å². The van der Waals surface area contributed by atoms with E-state index in [2.05, 4.69) is 17.9 Å². The molecule has 1 atom stereocenters. The van der Waals surface area contributed by atoms with Crippen molar-refractivity contribution in [1.29, 1.82) is 0 Å². The predicted molar refractivity (Wildman–Crippen MR) is 76.7 cm³/mol. The molecule has 0 aromatic heterocycles. The molecule has 102 valence electrons. The van der Waals surface area contributed by atoms with Crippen LogP contribution in [-0.4, -0.2) is 37.3 Å². The number of hydrogen-bond acceptors (Lipinski definition) is 4. The molecule has 1 aliphatic rings. The van der Waals surface area contributed by atoms with E-state index in [1.165, 1.54) is 7.11 Å². The van der Waals surface area contributed by atoms with Gasteiger partial charge in [-0.15, -0.1) is 0 Å². The number of benzene rings is 1. The summed E-state index contributed by atoms with van der Waals surface area (Å²) in [6.07, 6.45) is 0.448. The molecular formula is C13H16N2O3S. The molecule has 2 rings (SSSR count). The lowest BCUT2D eigenvalue weighted by Crippen LogP contribution is -2.25. The van der Waals surface area contributed by atoms with Crippen molar-refractivity contribution >= 4 is 35.8 Å². The normalized spacial score (nSPS) is 18.7. The number of nitrogens with one attached hydrogen (secondary N) is 1. The SMILES string of the molecule is COCC(=O)Nc1cccc(N2CC(S)CC2=O)c1. The third-order valence-electron chi connectivity index (χ3n) is 2.82. The van der Waals surface area contributed by atoms with E-state index in [0.717, 1.165) is 5.69 Å². The average Bonchev–Trinajstić information content (AvgIpc) is 2.69. The van der Waals surface area contributed by atoms with Crippen molar-refractivity contribution in [2.75, 3.05) is 30.5 Å². The van der Waals surface area contributed by atoms with Gasteiger partial charge in [-0.05, 0) is 18.2 Å². The van der Waals surface area contributed by atoms with Gasteiger partial charge in [0.2, 0.25) is 11.8 Å². The summed E-state index contributed by atoms with van der Waals surface area (Å²) in [7, 11) is 1.46. The standard InChI is InChI=1S/C13H16N2O3S/c1-18-8-12(16)14-9-3-2-4-10(5-9)15-7-11(19)6-13(15)17/h2-5,11,19H,6-8H2,1H3,(H,14,16). The van der Waals surface area contributed by atoms with E-state index in [-0.39, 0.29) is 23.7 Å². The van der Waals surface area contributed by atoms with Gasteiger partial charge in [-0.25, -0.2) is 0 Å². The van der Waals surface area contributed by atoms with Gasteiger partial charge in [-0.1, -0.05) is 6.07 Å². The van der Waals surface area contributed by atoms with Crippen molar-refractivity contribution in [3.63, 3.8) is 0 Å². The van der Waals surface area contributed by atoms with Crippen LogP contribution in [-0.2, 0) is 14.3 Å². The number of hydrogen-bond donors (Lipinski definition) is 2. The predicted octanol–water partition coefficient (Wildman–Crippen LogP) is 1.31. The Morgan fingerprint density at radius 2 is 2.37 bits per heavy atom. The summed E-state index contributed by atoms with van der Waals surface area (Å²) in [4.78, 5) is 24.9. The van der Waals surface area contributed by atoms with Gasteiger partial charge in [0.15, 0.2) is 0 Å². The topological polar surface area (TPSA) is 58.6 Å². The quantitative estimate of drug-likeness (QED) is 0.818. The van der Waals surface area contributed by atoms with Crippen molar-refractivity contribution in [3.05, 3.63) is 24.3 Å². The maximum Gasteiger partial charge on any atom is 0.250 e. The molecule has 0 saturated carbocycles. The van der Waals surface area contributed by atoms with Crippen LogP contribution < -0.4 is 10.2 Å². The van der Waals surface area contributed by atoms with Crippen LogP contribution in [0.1, 0.15) is 6.42 Å². The van der Waals surface area contributed by atoms with Crippen molar-refractivity contribution < 1.29 is 14.3 Å². The highest BCUT2D eigenvalue weighted by molar-refractivity contribution is 7.81. The summed E-state index contributed by atoms with van der Waals surface area (Å²) in [5, 5.41) is 2.78. The summed E-state index contributed by atoms with van der Waals surface area (Å²) < 4.78 is 4.75. The molecule has 0 bridgehead atoms. The third kappa shape index (κ3) is 3.48. The van der Waals surface area contributed by atoms with Crippen LogP contribution in [0, 0.1) is 0 Å². The van der Waals surface area contributed by atoms with Crippen LogP contribution in [0.4, 0.5) is 11.4 Å². The Hall–Kier alpha value is -1.53. The lowest BCUT2D eigenvalue weighted by atomic mass is 10.2. The fourth-order valence-corrected chi connectivity index (χ4v) is 2.34. The molecule has 6 heteroatoms. The maximum atomic E-state index is 11.8. The van der Waals surface area contributed by atoms with Crippen molar-refractivity contribution in [1.82, 2.24) is 0 Å². The first-order chi connectivity index (χ1) is 9.10. The second kappa shape index (κ2) is 6.08. The van der Waals surface area contributed by atoms with Crippen LogP contribution in [0.2, 0.25) is 0 Å². The van der Waals surface area contributed by atoms with Crippen LogP contribution in [0.15, 0.2) is 24.3 Å². The largest absolute Gasteiger partial charge is 0.375 e. The minimum Gasteiger partial charge on any atom is -0.375 e. The van der Waals surface area contributed by atoms with Crippen LogP contribution >= 0.6 is 12.6 Å². The molecule has 0 aliphatic carbocycles. The number of anilines is 2. The van der Waals surface area contributed by atoms with Gasteiger partial charge in [-0.3, -0.25) is 9.59 Å². The second-order valence-electron chi connectivity index (χ2n) is 4.39. The number of nitrogens with zero attached hydrogens (tertiary/aromatic N) is 1. The van der Waals surface area contributed by atoms with Gasteiger partial charge < -0.3 is 15.0 Å². The molecule has 1 saturated heterocycles. The first-order valence-electron chi connectivity index (χ1n) is 5.97. The Kier molecular flexibility index (Phi) is 4.44. The molecule has 1 fully saturated rings. The summed E-state index contributed by atoms with van der Waals surface area (Å²) >= 11 is 4.32. The Morgan fingerprint density at radius 1 is 1.58 bits per heavy atom. The van der Waals surface area contributed by atoms with E-state index in [9.17, 15) is 9.59 Å². The van der Waals surface area contributed by atoms with Crippen molar-refractivity contribution in [2.45, 2.75) is 11.7 Å². The molecule has 1 aromatic rings. The lowest BCUT2D eigenvalue weighted by Gasteiger charge is -2.17. The highest BCUT2D eigenvalue weighted by Gasteiger charge is 2.28. The van der Waals surface area contributed by atoms with Gasteiger partial charge >= 0.3 is 0 Å². The summed E-state index contributed by atoms with van der Waals surface area (Å²) in [5.41, 5.74) is 1.42. The Labute approximate surface area is 117 Å². The van der Waals surface area contributed by atoms with E-state index < -0.39 is 0 Å². The van der Waals surface area contributed by atoms with Crippen LogP contribution in [0.5, 0.6) is 0 Å². The van der Waals surface area contributed by atoms with E-state index in [1.807, 2.05) is 6.07 Å². The molecule has 1 aromatic carbocycles. The molecule has 0 radical (unpaired) electrons. The fraction of sp³-hybridized carbons (Fsp3) is 0.385. The van der Waals surface area contributed by atoms with Crippen LogP contribution in [0.25, 0.3) is 0 Å². The molecule has 1 unspecified atom stereocenters. The number of amides is 2. The molecule has 1 aliphatic heterocycles. The fourth-order valence-electron chi connectivity index (χ4n) is 2.02. The third-order valence-corrected chi connectivity index (χ3v) is 3.17. The van der Waals surface area contributed by atoms with Crippen molar-refractivity contribution in [3.8, 4) is 0 Å². The van der Waals surface area contributed by atoms with Gasteiger partial charge in [0, 0.05) is 36.7 Å². The Bertz CT molecular complexity index is 493. The summed E-state index contributed by atoms with van der Waals surface area (Å²) in [6, 6.07) is 7.19. The number of carbonyl (C=O) groups excluding carboxylic acids is 2.